The van der Waals surface area contributed by atoms with Crippen molar-refractivity contribution in [2.75, 3.05) is 17.4 Å². The van der Waals surface area contributed by atoms with E-state index in [9.17, 15) is 10.2 Å². The number of allylic oxidation sites excluding steroid dienone is 6. The van der Waals surface area contributed by atoms with E-state index in [0.29, 0.717) is 47.1 Å². The van der Waals surface area contributed by atoms with Gasteiger partial charge in [0.25, 0.3) is 0 Å². The molecular formula is C42H42N4O2. The lowest BCUT2D eigenvalue weighted by Crippen LogP contribution is -2.19. The van der Waals surface area contributed by atoms with Crippen molar-refractivity contribution in [3.05, 3.63) is 167 Å². The van der Waals surface area contributed by atoms with Crippen LogP contribution in [0.4, 0.5) is 11.4 Å². The molecule has 0 spiro atoms. The Kier molecular flexibility index (Phi) is 11.7. The van der Waals surface area contributed by atoms with Crippen molar-refractivity contribution < 1.29 is 9.53 Å². The number of nitrogens with one attached hydrogen (secondary N) is 2. The molecule has 0 saturated heterocycles. The Hall–Kier alpha value is -5.75. The van der Waals surface area contributed by atoms with Crippen molar-refractivity contribution in [2.24, 2.45) is 5.10 Å². The van der Waals surface area contributed by atoms with Crippen LogP contribution < -0.4 is 10.3 Å². The van der Waals surface area contributed by atoms with Crippen LogP contribution in [0, 0.1) is 5.41 Å². The molecule has 0 fully saturated rings. The maximum atomic E-state index is 13.2. The first kappa shape index (κ1) is 33.6. The minimum absolute atomic E-state index is 0.442. The molecule has 0 bridgehead atoms. The van der Waals surface area contributed by atoms with E-state index in [0.717, 1.165) is 52.8 Å². The fraction of sp³-hybridized carbons (Fsp3) is 0.167. The lowest BCUT2D eigenvalue weighted by Gasteiger charge is -2.26. The number of hydrogen-bond donors (Lipinski definition) is 2. The molecule has 1 heterocycles. The normalized spacial score (nSPS) is 14.5. The standard InChI is InChI=1S/C42H42N4O2/c1-4-18-38(43)41-33(29-40(32-22-12-7-13-23-32)48-42(41)44-34-24-14-8-15-25-34)28-36(31-20-10-6-11-21-31)37(30-47)39(19-5-2)45-46(3)35-26-16-9-17-27-35/h6-17,20-30,43-44H,4-5,18-19H2,1-3H3/b33-28+,37-36-,43-38?,45-39-. The molecule has 6 nitrogen and oxygen atoms in total. The number of rotatable bonds is 14. The largest absolute Gasteiger partial charge is 0.440 e. The van der Waals surface area contributed by atoms with Crippen LogP contribution in [0.3, 0.4) is 0 Å². The monoisotopic (exact) mass is 634 g/mol. The van der Waals surface area contributed by atoms with Gasteiger partial charge in [-0.05, 0) is 66.0 Å². The van der Waals surface area contributed by atoms with Gasteiger partial charge in [0, 0.05) is 29.6 Å². The molecule has 0 aliphatic carbocycles. The maximum absolute atomic E-state index is 13.2. The molecule has 1 aliphatic heterocycles. The van der Waals surface area contributed by atoms with Gasteiger partial charge >= 0.3 is 0 Å². The van der Waals surface area contributed by atoms with Crippen LogP contribution in [0.2, 0.25) is 0 Å². The first-order valence-electron chi connectivity index (χ1n) is 16.4. The molecule has 0 amide bonds. The summed E-state index contributed by atoms with van der Waals surface area (Å²) >= 11 is 0. The predicted octanol–water partition coefficient (Wildman–Crippen LogP) is 10.1. The molecule has 0 aromatic heterocycles. The van der Waals surface area contributed by atoms with Crippen LogP contribution >= 0.6 is 0 Å². The fourth-order valence-corrected chi connectivity index (χ4v) is 5.55. The van der Waals surface area contributed by atoms with Crippen molar-refractivity contribution >= 4 is 40.4 Å². The summed E-state index contributed by atoms with van der Waals surface area (Å²) in [6, 6.07) is 39.6. The SMILES string of the molecule is CCCC(=N)C1=C(Nc2ccccc2)OC(c2ccccc2)=C\C1=C/C(=C(C=O)/C(CCC)=N\N(C)c1ccccc1)c1ccccc1. The maximum Gasteiger partial charge on any atom is 0.207 e. The lowest BCUT2D eigenvalue weighted by atomic mass is 9.89. The number of aldehydes is 1. The number of benzene rings is 4. The molecule has 2 N–H and O–H groups in total. The Morgan fingerprint density at radius 3 is 2.00 bits per heavy atom. The molecule has 5 rings (SSSR count). The summed E-state index contributed by atoms with van der Waals surface area (Å²) in [6.07, 6.45) is 7.67. The Morgan fingerprint density at radius 2 is 1.40 bits per heavy atom. The number of carbonyl (C=O) groups is 1. The van der Waals surface area contributed by atoms with Crippen molar-refractivity contribution in [2.45, 2.75) is 39.5 Å². The fourth-order valence-electron chi connectivity index (χ4n) is 5.55. The third-order valence-electron chi connectivity index (χ3n) is 7.90. The van der Waals surface area contributed by atoms with E-state index in [1.54, 1.807) is 0 Å². The van der Waals surface area contributed by atoms with Gasteiger partial charge in [0.2, 0.25) is 5.88 Å². The van der Waals surface area contributed by atoms with Crippen LogP contribution in [0.1, 0.15) is 50.7 Å². The summed E-state index contributed by atoms with van der Waals surface area (Å²) in [4.78, 5) is 13.2. The van der Waals surface area contributed by atoms with Crippen LogP contribution in [0.25, 0.3) is 11.3 Å². The Bertz CT molecular complexity index is 1860. The third kappa shape index (κ3) is 8.34. The van der Waals surface area contributed by atoms with E-state index in [-0.39, 0.29) is 0 Å². The van der Waals surface area contributed by atoms with E-state index >= 15 is 0 Å². The highest BCUT2D eigenvalue weighted by atomic mass is 16.5. The highest BCUT2D eigenvalue weighted by molar-refractivity contribution is 6.22. The van der Waals surface area contributed by atoms with Gasteiger partial charge in [-0.3, -0.25) is 9.80 Å². The second-order valence-electron chi connectivity index (χ2n) is 11.5. The number of hydrazone groups is 1. The highest BCUT2D eigenvalue weighted by Crippen LogP contribution is 2.36. The zero-order chi connectivity index (χ0) is 33.7. The van der Waals surface area contributed by atoms with Crippen molar-refractivity contribution in [3.8, 4) is 0 Å². The van der Waals surface area contributed by atoms with Gasteiger partial charge in [0.1, 0.15) is 5.76 Å². The van der Waals surface area contributed by atoms with E-state index in [1.165, 1.54) is 0 Å². The van der Waals surface area contributed by atoms with E-state index in [1.807, 2.05) is 146 Å². The lowest BCUT2D eigenvalue weighted by molar-refractivity contribution is -0.104. The molecule has 4 aromatic rings. The van der Waals surface area contributed by atoms with E-state index in [4.69, 9.17) is 9.84 Å². The van der Waals surface area contributed by atoms with Gasteiger partial charge in [-0.2, -0.15) is 5.10 Å². The summed E-state index contributed by atoms with van der Waals surface area (Å²) in [5.74, 6) is 1.11. The average Bonchev–Trinajstić information content (AvgIpc) is 3.13. The minimum Gasteiger partial charge on any atom is -0.440 e. The number of carbonyl (C=O) groups excluding carboxylic acids is 1. The van der Waals surface area contributed by atoms with Gasteiger partial charge in [-0.1, -0.05) is 124 Å². The van der Waals surface area contributed by atoms with Gasteiger partial charge in [-0.25, -0.2) is 0 Å². The van der Waals surface area contributed by atoms with E-state index < -0.39 is 0 Å². The second-order valence-corrected chi connectivity index (χ2v) is 11.5. The zero-order valence-electron chi connectivity index (χ0n) is 27.8. The zero-order valence-corrected chi connectivity index (χ0v) is 27.8. The predicted molar refractivity (Wildman–Crippen MR) is 200 cm³/mol. The second kappa shape index (κ2) is 16.7. The van der Waals surface area contributed by atoms with Crippen LogP contribution in [-0.2, 0) is 9.53 Å². The van der Waals surface area contributed by atoms with Crippen LogP contribution in [0.5, 0.6) is 0 Å². The third-order valence-corrected chi connectivity index (χ3v) is 7.90. The summed E-state index contributed by atoms with van der Waals surface area (Å²) < 4.78 is 6.58. The Balaban J connectivity index is 1.79. The highest BCUT2D eigenvalue weighted by Gasteiger charge is 2.26. The molecule has 6 heteroatoms. The number of para-hydroxylation sites is 2. The van der Waals surface area contributed by atoms with Gasteiger partial charge in [0.05, 0.1) is 17.0 Å². The summed E-state index contributed by atoms with van der Waals surface area (Å²) in [5.41, 5.74) is 7.30. The molecule has 1 aliphatic rings. The van der Waals surface area contributed by atoms with Gasteiger partial charge in [-0.15, -0.1) is 0 Å². The minimum atomic E-state index is 0.442. The van der Waals surface area contributed by atoms with E-state index in [2.05, 4.69) is 19.2 Å². The molecule has 0 atom stereocenters. The average molecular weight is 635 g/mol. The van der Waals surface area contributed by atoms with Crippen molar-refractivity contribution in [3.63, 3.8) is 0 Å². The molecule has 48 heavy (non-hydrogen) atoms. The molecule has 0 radical (unpaired) electrons. The van der Waals surface area contributed by atoms with Crippen molar-refractivity contribution in [1.82, 2.24) is 0 Å². The number of anilines is 2. The Morgan fingerprint density at radius 1 is 0.812 bits per heavy atom. The quantitative estimate of drug-likeness (QED) is 0.0626. The summed E-state index contributed by atoms with van der Waals surface area (Å²) in [5, 5.41) is 19.5. The molecule has 242 valence electrons. The molecule has 0 unspecified atom stereocenters. The molecular weight excluding hydrogens is 592 g/mol. The number of hydrogen-bond acceptors (Lipinski definition) is 6. The number of ether oxygens (including phenoxy) is 1. The summed E-state index contributed by atoms with van der Waals surface area (Å²) in [7, 11) is 1.90. The van der Waals surface area contributed by atoms with Gasteiger partial charge in [0.15, 0.2) is 6.29 Å². The summed E-state index contributed by atoms with van der Waals surface area (Å²) in [6.45, 7) is 4.15. The van der Waals surface area contributed by atoms with Crippen molar-refractivity contribution in [1.29, 1.82) is 5.41 Å². The van der Waals surface area contributed by atoms with Gasteiger partial charge < -0.3 is 15.5 Å². The van der Waals surface area contributed by atoms with Crippen LogP contribution in [-0.4, -0.2) is 24.8 Å². The number of nitrogens with zero attached hydrogens (tertiary/aromatic N) is 2. The first-order chi connectivity index (χ1) is 23.5. The smallest absolute Gasteiger partial charge is 0.207 e. The Labute approximate surface area is 284 Å². The van der Waals surface area contributed by atoms with Crippen LogP contribution in [0.15, 0.2) is 161 Å². The first-order valence-corrected chi connectivity index (χ1v) is 16.4. The molecule has 4 aromatic carbocycles. The molecule has 0 saturated carbocycles. The topological polar surface area (TPSA) is 77.8 Å².